The van der Waals surface area contributed by atoms with Crippen LogP contribution in [0.5, 0.6) is 5.75 Å². The Balaban J connectivity index is 2.04. The van der Waals surface area contributed by atoms with Gasteiger partial charge in [0.1, 0.15) is 23.0 Å². The highest BCUT2D eigenvalue weighted by Gasteiger charge is 2.29. The molecular formula is C18H23NO7. The van der Waals surface area contributed by atoms with Crippen molar-refractivity contribution >= 4 is 18.0 Å². The molecule has 0 unspecified atom stereocenters. The van der Waals surface area contributed by atoms with E-state index in [-0.39, 0.29) is 23.0 Å². The lowest BCUT2D eigenvalue weighted by Crippen LogP contribution is -2.44. The van der Waals surface area contributed by atoms with Crippen molar-refractivity contribution in [2.45, 2.75) is 45.3 Å². The predicted octanol–water partition coefficient (Wildman–Crippen LogP) is 2.86. The standard InChI is InChI=1S/C18H23NO7/c1-18(2,3)26-17(24)19-9-7-11(8-10-19)25-13-6-4-5-12(15(20)21)14(13)16(22)23/h4-6,11H,7-10H2,1-3H3,(H,20,21)(H,22,23). The molecule has 1 aliphatic rings. The molecule has 0 bridgehead atoms. The third-order valence-electron chi connectivity index (χ3n) is 3.86. The average Bonchev–Trinajstić information content (AvgIpc) is 2.53. The maximum atomic E-state index is 12.1. The molecule has 0 aromatic heterocycles. The minimum absolute atomic E-state index is 0.0214. The number of carboxylic acid groups (broad SMARTS) is 2. The van der Waals surface area contributed by atoms with Crippen molar-refractivity contribution in [3.8, 4) is 5.75 Å². The normalized spacial score (nSPS) is 15.4. The van der Waals surface area contributed by atoms with Gasteiger partial charge in [-0.05, 0) is 32.9 Å². The van der Waals surface area contributed by atoms with Gasteiger partial charge in [-0.2, -0.15) is 0 Å². The van der Waals surface area contributed by atoms with Crippen LogP contribution in [0.1, 0.15) is 54.3 Å². The van der Waals surface area contributed by atoms with Crippen LogP contribution in [0, 0.1) is 0 Å². The second-order valence-electron chi connectivity index (χ2n) is 7.07. The minimum Gasteiger partial charge on any atom is -0.489 e. The first-order valence-corrected chi connectivity index (χ1v) is 8.32. The van der Waals surface area contributed by atoms with E-state index in [4.69, 9.17) is 14.6 Å². The van der Waals surface area contributed by atoms with Crippen LogP contribution in [0.25, 0.3) is 0 Å². The van der Waals surface area contributed by atoms with E-state index in [1.165, 1.54) is 18.2 Å². The lowest BCUT2D eigenvalue weighted by atomic mass is 10.1. The van der Waals surface area contributed by atoms with E-state index in [1.807, 2.05) is 0 Å². The predicted molar refractivity (Wildman–Crippen MR) is 91.8 cm³/mol. The maximum absolute atomic E-state index is 12.1. The highest BCUT2D eigenvalue weighted by Crippen LogP contribution is 2.26. The van der Waals surface area contributed by atoms with Crippen molar-refractivity contribution in [1.82, 2.24) is 4.90 Å². The second kappa shape index (κ2) is 7.63. The summed E-state index contributed by atoms with van der Waals surface area (Å²) in [6.07, 6.45) is 0.288. The monoisotopic (exact) mass is 365 g/mol. The van der Waals surface area contributed by atoms with E-state index in [2.05, 4.69) is 0 Å². The fraction of sp³-hybridized carbons (Fsp3) is 0.500. The smallest absolute Gasteiger partial charge is 0.410 e. The molecule has 0 atom stereocenters. The molecule has 0 radical (unpaired) electrons. The quantitative estimate of drug-likeness (QED) is 0.843. The number of aromatic carboxylic acids is 2. The van der Waals surface area contributed by atoms with Gasteiger partial charge >= 0.3 is 18.0 Å². The van der Waals surface area contributed by atoms with E-state index in [9.17, 15) is 19.5 Å². The second-order valence-corrected chi connectivity index (χ2v) is 7.07. The largest absolute Gasteiger partial charge is 0.489 e. The molecule has 1 aromatic carbocycles. The summed E-state index contributed by atoms with van der Waals surface area (Å²) in [4.78, 5) is 36.3. The van der Waals surface area contributed by atoms with Crippen LogP contribution in [0.4, 0.5) is 4.79 Å². The Morgan fingerprint density at radius 1 is 1.08 bits per heavy atom. The van der Waals surface area contributed by atoms with Crippen molar-refractivity contribution in [3.05, 3.63) is 29.3 Å². The summed E-state index contributed by atoms with van der Waals surface area (Å²) < 4.78 is 11.1. The summed E-state index contributed by atoms with van der Waals surface area (Å²) >= 11 is 0. The zero-order valence-electron chi connectivity index (χ0n) is 15.0. The van der Waals surface area contributed by atoms with Gasteiger partial charge in [0.2, 0.25) is 0 Å². The highest BCUT2D eigenvalue weighted by atomic mass is 16.6. The van der Waals surface area contributed by atoms with Gasteiger partial charge in [-0.15, -0.1) is 0 Å². The fourth-order valence-electron chi connectivity index (χ4n) is 2.69. The topological polar surface area (TPSA) is 113 Å². The zero-order chi connectivity index (χ0) is 19.5. The Labute approximate surface area is 151 Å². The van der Waals surface area contributed by atoms with Crippen LogP contribution < -0.4 is 4.74 Å². The third-order valence-corrected chi connectivity index (χ3v) is 3.86. The molecule has 0 spiro atoms. The lowest BCUT2D eigenvalue weighted by Gasteiger charge is -2.33. The maximum Gasteiger partial charge on any atom is 0.410 e. The van der Waals surface area contributed by atoms with Crippen molar-refractivity contribution in [2.24, 2.45) is 0 Å². The highest BCUT2D eigenvalue weighted by molar-refractivity contribution is 6.03. The van der Waals surface area contributed by atoms with Gasteiger partial charge in [0.25, 0.3) is 0 Å². The molecule has 1 aliphatic heterocycles. The number of carbonyl (C=O) groups is 3. The molecular weight excluding hydrogens is 342 g/mol. The summed E-state index contributed by atoms with van der Waals surface area (Å²) in [5, 5.41) is 18.5. The van der Waals surface area contributed by atoms with Gasteiger partial charge < -0.3 is 24.6 Å². The molecule has 1 saturated heterocycles. The number of piperidine rings is 1. The zero-order valence-corrected chi connectivity index (χ0v) is 15.0. The van der Waals surface area contributed by atoms with Gasteiger partial charge in [-0.25, -0.2) is 14.4 Å². The molecule has 1 aromatic rings. The molecule has 1 fully saturated rings. The lowest BCUT2D eigenvalue weighted by molar-refractivity contribution is 0.0125. The number of nitrogens with zero attached hydrogens (tertiary/aromatic N) is 1. The number of likely N-dealkylation sites (tertiary alicyclic amines) is 1. The van der Waals surface area contributed by atoms with Crippen LogP contribution in [0.15, 0.2) is 18.2 Å². The van der Waals surface area contributed by atoms with Crippen LogP contribution in [-0.2, 0) is 4.74 Å². The molecule has 8 nitrogen and oxygen atoms in total. The van der Waals surface area contributed by atoms with Crippen molar-refractivity contribution in [3.63, 3.8) is 0 Å². The first-order chi connectivity index (χ1) is 12.1. The van der Waals surface area contributed by atoms with E-state index in [0.29, 0.717) is 25.9 Å². The average molecular weight is 365 g/mol. The summed E-state index contributed by atoms with van der Waals surface area (Å²) in [6, 6.07) is 4.11. The van der Waals surface area contributed by atoms with Crippen LogP contribution >= 0.6 is 0 Å². The van der Waals surface area contributed by atoms with Gasteiger partial charge in [0.05, 0.1) is 5.56 Å². The van der Waals surface area contributed by atoms with Crippen molar-refractivity contribution < 1.29 is 34.1 Å². The van der Waals surface area contributed by atoms with E-state index in [1.54, 1.807) is 25.7 Å². The molecule has 2 rings (SSSR count). The molecule has 1 amide bonds. The number of hydrogen-bond acceptors (Lipinski definition) is 5. The Morgan fingerprint density at radius 2 is 1.69 bits per heavy atom. The number of rotatable bonds is 4. The molecule has 8 heteroatoms. The van der Waals surface area contributed by atoms with E-state index >= 15 is 0 Å². The number of benzene rings is 1. The van der Waals surface area contributed by atoms with Crippen molar-refractivity contribution in [2.75, 3.05) is 13.1 Å². The molecule has 0 saturated carbocycles. The molecule has 26 heavy (non-hydrogen) atoms. The van der Waals surface area contributed by atoms with Gasteiger partial charge in [-0.1, -0.05) is 6.07 Å². The van der Waals surface area contributed by atoms with Crippen LogP contribution in [0.3, 0.4) is 0 Å². The number of ether oxygens (including phenoxy) is 2. The summed E-state index contributed by atoms with van der Waals surface area (Å²) in [5.74, 6) is -2.66. The Morgan fingerprint density at radius 3 is 2.19 bits per heavy atom. The number of amides is 1. The molecule has 2 N–H and O–H groups in total. The SMILES string of the molecule is CC(C)(C)OC(=O)N1CCC(Oc2cccc(C(=O)O)c2C(=O)O)CC1. The van der Waals surface area contributed by atoms with Crippen LogP contribution in [-0.4, -0.2) is 57.9 Å². The first-order valence-electron chi connectivity index (χ1n) is 8.32. The Hall–Kier alpha value is -2.77. The van der Waals surface area contributed by atoms with E-state index in [0.717, 1.165) is 0 Å². The number of carbonyl (C=O) groups excluding carboxylic acids is 1. The summed E-state index contributed by atoms with van der Waals surface area (Å²) in [5.41, 5.74) is -1.26. The van der Waals surface area contributed by atoms with Gasteiger partial charge in [-0.3, -0.25) is 0 Å². The molecule has 0 aliphatic carbocycles. The van der Waals surface area contributed by atoms with E-state index < -0.39 is 23.6 Å². The number of hydrogen-bond donors (Lipinski definition) is 2. The number of carboxylic acids is 2. The van der Waals surface area contributed by atoms with Gasteiger partial charge in [0, 0.05) is 25.9 Å². The first kappa shape index (κ1) is 19.6. The Kier molecular flexibility index (Phi) is 5.74. The fourth-order valence-corrected chi connectivity index (χ4v) is 2.69. The summed E-state index contributed by atoms with van der Waals surface area (Å²) in [7, 11) is 0. The minimum atomic E-state index is -1.36. The molecule has 1 heterocycles. The Bertz CT molecular complexity index is 700. The summed E-state index contributed by atoms with van der Waals surface area (Å²) in [6.45, 7) is 6.22. The van der Waals surface area contributed by atoms with Crippen molar-refractivity contribution in [1.29, 1.82) is 0 Å². The van der Waals surface area contributed by atoms with Gasteiger partial charge in [0.15, 0.2) is 0 Å². The molecule has 142 valence electrons. The van der Waals surface area contributed by atoms with Crippen LogP contribution in [0.2, 0.25) is 0 Å². The third kappa shape index (κ3) is 4.87.